The Morgan fingerprint density at radius 2 is 1.77 bits per heavy atom. The van der Waals surface area contributed by atoms with Gasteiger partial charge in [-0.1, -0.05) is 32.8 Å². The summed E-state index contributed by atoms with van der Waals surface area (Å²) in [5.74, 6) is 1.37. The molecule has 3 atom stereocenters. The molecule has 7 nitrogen and oxygen atoms in total. The lowest BCUT2D eigenvalue weighted by atomic mass is 9.78. The van der Waals surface area contributed by atoms with Crippen molar-refractivity contribution >= 4 is 15.9 Å². The number of fused-ring (bicyclic) bond motifs is 1. The fourth-order valence-corrected chi connectivity index (χ4v) is 6.21. The van der Waals surface area contributed by atoms with Crippen molar-refractivity contribution in [1.82, 2.24) is 4.31 Å². The van der Waals surface area contributed by atoms with Gasteiger partial charge in [0.25, 0.3) is 0 Å². The van der Waals surface area contributed by atoms with E-state index in [-0.39, 0.29) is 35.8 Å². The number of sulfonamides is 1. The van der Waals surface area contributed by atoms with Crippen LogP contribution >= 0.6 is 0 Å². The second-order valence-electron chi connectivity index (χ2n) is 8.46. The van der Waals surface area contributed by atoms with E-state index in [0.29, 0.717) is 17.4 Å². The third-order valence-corrected chi connectivity index (χ3v) is 8.44. The highest BCUT2D eigenvalue weighted by Crippen LogP contribution is 2.38. The summed E-state index contributed by atoms with van der Waals surface area (Å²) in [5, 5.41) is 0. The lowest BCUT2D eigenvalue weighted by molar-refractivity contribution is 0.1000. The largest absolute Gasteiger partial charge is 0.454 e. The Labute approximate surface area is 183 Å². The summed E-state index contributed by atoms with van der Waals surface area (Å²) in [6, 6.07) is 11.3. The predicted octanol–water partition coefficient (Wildman–Crippen LogP) is 3.53. The third kappa shape index (κ3) is 4.27. The molecule has 1 aliphatic heterocycles. The Hall–Kier alpha value is -2.58. The van der Waals surface area contributed by atoms with E-state index >= 15 is 0 Å². The van der Waals surface area contributed by atoms with Crippen LogP contribution in [0.15, 0.2) is 47.4 Å². The summed E-state index contributed by atoms with van der Waals surface area (Å²) in [7, 11) is -3.80. The van der Waals surface area contributed by atoms with Crippen molar-refractivity contribution in [1.29, 1.82) is 0 Å². The van der Waals surface area contributed by atoms with Crippen LogP contribution in [0.3, 0.4) is 0 Å². The van der Waals surface area contributed by atoms with Gasteiger partial charge in [-0.25, -0.2) is 8.42 Å². The molecule has 2 aromatic rings. The number of nitrogens with zero attached hydrogens (tertiary/aromatic N) is 1. The zero-order valence-corrected chi connectivity index (χ0v) is 18.6. The van der Waals surface area contributed by atoms with E-state index in [2.05, 4.69) is 13.8 Å². The molecule has 8 heteroatoms. The minimum atomic E-state index is -3.80. The molecule has 3 unspecified atom stereocenters. The van der Waals surface area contributed by atoms with Crippen LogP contribution in [-0.4, -0.2) is 31.5 Å². The van der Waals surface area contributed by atoms with Crippen molar-refractivity contribution in [3.8, 4) is 11.5 Å². The van der Waals surface area contributed by atoms with Gasteiger partial charge in [-0.15, -0.1) is 0 Å². The third-order valence-electron chi connectivity index (χ3n) is 6.55. The topological polar surface area (TPSA) is 98.9 Å². The molecule has 31 heavy (non-hydrogen) atoms. The smallest absolute Gasteiger partial charge is 0.248 e. The van der Waals surface area contributed by atoms with E-state index in [9.17, 15) is 13.2 Å². The SMILES string of the molecule is CC1CCCC(N(Cc2ccc3c(c2)OCO3)S(=O)(=O)c2ccc(C(N)=O)cc2)C1C. The van der Waals surface area contributed by atoms with Gasteiger partial charge in [0.2, 0.25) is 22.7 Å². The van der Waals surface area contributed by atoms with E-state index in [1.807, 2.05) is 18.2 Å². The lowest BCUT2D eigenvalue weighted by Gasteiger charge is -2.41. The molecular formula is C23H28N2O5S. The minimum absolute atomic E-state index is 0.116. The molecule has 1 fully saturated rings. The highest BCUT2D eigenvalue weighted by molar-refractivity contribution is 7.89. The molecule has 0 bridgehead atoms. The van der Waals surface area contributed by atoms with Crippen LogP contribution in [0.1, 0.15) is 49.0 Å². The quantitative estimate of drug-likeness (QED) is 0.735. The van der Waals surface area contributed by atoms with Crippen molar-refractivity contribution in [2.45, 2.75) is 50.6 Å². The van der Waals surface area contributed by atoms with Gasteiger partial charge < -0.3 is 15.2 Å². The first-order chi connectivity index (χ1) is 14.8. The number of carbonyl (C=O) groups is 1. The molecule has 166 valence electrons. The number of amides is 1. The van der Waals surface area contributed by atoms with Crippen molar-refractivity contribution in [2.24, 2.45) is 17.6 Å². The van der Waals surface area contributed by atoms with E-state index < -0.39 is 15.9 Å². The standard InChI is InChI=1S/C23H28N2O5S/c1-15-4-3-5-20(16(15)2)25(13-17-6-11-21-22(12-17)30-14-29-21)31(27,28)19-9-7-18(8-10-19)23(24)26/h6-12,15-16,20H,3-5,13-14H2,1-2H3,(H2,24,26). The normalized spacial score (nSPS) is 23.1. The van der Waals surface area contributed by atoms with Crippen molar-refractivity contribution in [3.05, 3.63) is 53.6 Å². The predicted molar refractivity (Wildman–Crippen MR) is 116 cm³/mol. The molecule has 0 radical (unpaired) electrons. The summed E-state index contributed by atoms with van der Waals surface area (Å²) in [6.45, 7) is 4.72. The first-order valence-corrected chi connectivity index (χ1v) is 12.0. The Morgan fingerprint density at radius 1 is 1.06 bits per heavy atom. The van der Waals surface area contributed by atoms with E-state index in [0.717, 1.165) is 24.8 Å². The number of ether oxygens (including phenoxy) is 2. The zero-order chi connectivity index (χ0) is 22.2. The van der Waals surface area contributed by atoms with Crippen LogP contribution in [-0.2, 0) is 16.6 Å². The van der Waals surface area contributed by atoms with Crippen LogP contribution < -0.4 is 15.2 Å². The van der Waals surface area contributed by atoms with Crippen LogP contribution in [0, 0.1) is 11.8 Å². The van der Waals surface area contributed by atoms with Crippen LogP contribution in [0.5, 0.6) is 11.5 Å². The van der Waals surface area contributed by atoms with Gasteiger partial charge >= 0.3 is 0 Å². The molecule has 1 heterocycles. The van der Waals surface area contributed by atoms with Gasteiger partial charge in [0, 0.05) is 18.2 Å². The summed E-state index contributed by atoms with van der Waals surface area (Å²) in [6.07, 6.45) is 2.90. The number of hydrogen-bond donors (Lipinski definition) is 1. The van der Waals surface area contributed by atoms with Gasteiger partial charge in [0.05, 0.1) is 4.90 Å². The molecule has 2 aliphatic rings. The lowest BCUT2D eigenvalue weighted by Crippen LogP contribution is -2.46. The van der Waals surface area contributed by atoms with E-state index in [1.165, 1.54) is 24.3 Å². The first-order valence-electron chi connectivity index (χ1n) is 10.6. The summed E-state index contributed by atoms with van der Waals surface area (Å²) < 4.78 is 40.0. The van der Waals surface area contributed by atoms with E-state index in [4.69, 9.17) is 15.2 Å². The number of primary amides is 1. The molecule has 2 aromatic carbocycles. The fourth-order valence-electron chi connectivity index (χ4n) is 4.49. The summed E-state index contributed by atoms with van der Waals surface area (Å²) >= 11 is 0. The molecule has 1 saturated carbocycles. The Morgan fingerprint density at radius 3 is 2.48 bits per heavy atom. The molecule has 0 spiro atoms. The van der Waals surface area contributed by atoms with Crippen molar-refractivity contribution in [3.63, 3.8) is 0 Å². The second-order valence-corrected chi connectivity index (χ2v) is 10.4. The average molecular weight is 445 g/mol. The maximum Gasteiger partial charge on any atom is 0.248 e. The number of nitrogens with two attached hydrogens (primary N) is 1. The van der Waals surface area contributed by atoms with Crippen molar-refractivity contribution in [2.75, 3.05) is 6.79 Å². The monoisotopic (exact) mass is 444 g/mol. The summed E-state index contributed by atoms with van der Waals surface area (Å²) in [4.78, 5) is 11.6. The molecule has 4 rings (SSSR count). The maximum absolute atomic E-state index is 13.8. The second kappa shape index (κ2) is 8.51. The van der Waals surface area contributed by atoms with E-state index in [1.54, 1.807) is 4.31 Å². The highest BCUT2D eigenvalue weighted by Gasteiger charge is 2.38. The first kappa shape index (κ1) is 21.6. The van der Waals surface area contributed by atoms with Crippen LogP contribution in [0.4, 0.5) is 0 Å². The Bertz CT molecular complexity index is 1070. The Kier molecular flexibility index (Phi) is 5.94. The molecule has 1 amide bonds. The molecule has 2 N–H and O–H groups in total. The maximum atomic E-state index is 13.8. The fraction of sp³-hybridized carbons (Fsp3) is 0.435. The van der Waals surface area contributed by atoms with Crippen LogP contribution in [0.25, 0.3) is 0 Å². The Balaban J connectivity index is 1.71. The zero-order valence-electron chi connectivity index (χ0n) is 17.8. The molecule has 0 aromatic heterocycles. The number of carbonyl (C=O) groups excluding carboxylic acids is 1. The molecular weight excluding hydrogens is 416 g/mol. The van der Waals surface area contributed by atoms with Gasteiger partial charge in [-0.2, -0.15) is 4.31 Å². The number of hydrogen-bond acceptors (Lipinski definition) is 5. The average Bonchev–Trinajstić information content (AvgIpc) is 3.22. The van der Waals surface area contributed by atoms with Crippen molar-refractivity contribution < 1.29 is 22.7 Å². The van der Waals surface area contributed by atoms with Gasteiger partial charge in [-0.3, -0.25) is 4.79 Å². The number of benzene rings is 2. The minimum Gasteiger partial charge on any atom is -0.454 e. The number of rotatable bonds is 6. The molecule has 1 aliphatic carbocycles. The molecule has 0 saturated heterocycles. The van der Waals surface area contributed by atoms with Crippen LogP contribution in [0.2, 0.25) is 0 Å². The highest BCUT2D eigenvalue weighted by atomic mass is 32.2. The van der Waals surface area contributed by atoms with Gasteiger partial charge in [0.15, 0.2) is 11.5 Å². The van der Waals surface area contributed by atoms with Gasteiger partial charge in [0.1, 0.15) is 0 Å². The van der Waals surface area contributed by atoms with Gasteiger partial charge in [-0.05, 0) is 60.2 Å². The summed E-state index contributed by atoms with van der Waals surface area (Å²) in [5.41, 5.74) is 6.43.